The maximum absolute atomic E-state index is 6.24. The molecule has 0 saturated carbocycles. The van der Waals surface area contributed by atoms with Crippen LogP contribution in [0.1, 0.15) is 0 Å². The third kappa shape index (κ3) is 3.26. The van der Waals surface area contributed by atoms with Crippen LogP contribution in [0.2, 0.25) is 0 Å². The van der Waals surface area contributed by atoms with Crippen LogP contribution in [-0.2, 0) is 0 Å². The van der Waals surface area contributed by atoms with Crippen LogP contribution in [0, 0.1) is 0 Å². The van der Waals surface area contributed by atoms with Crippen molar-refractivity contribution in [1.29, 1.82) is 0 Å². The molecule has 0 bridgehead atoms. The summed E-state index contributed by atoms with van der Waals surface area (Å²) in [4.78, 5) is 9.85. The highest BCUT2D eigenvalue weighted by Crippen LogP contribution is 2.43. The lowest BCUT2D eigenvalue weighted by molar-refractivity contribution is 0.669. The molecule has 0 amide bonds. The average molecular weight is 523 g/mol. The zero-order valence-corrected chi connectivity index (χ0v) is 22.0. The zero-order chi connectivity index (χ0) is 26.9. The van der Waals surface area contributed by atoms with Crippen molar-refractivity contribution >= 4 is 65.4 Å². The molecule has 0 aliphatic heterocycles. The van der Waals surface area contributed by atoms with Gasteiger partial charge in [0.05, 0.1) is 16.6 Å². The van der Waals surface area contributed by atoms with Crippen LogP contribution in [0.15, 0.2) is 138 Å². The van der Waals surface area contributed by atoms with Gasteiger partial charge in [0, 0.05) is 38.7 Å². The molecular weight excluding hydrogens is 500 g/mol. The second-order valence-corrected chi connectivity index (χ2v) is 10.6. The minimum atomic E-state index is 0.905. The van der Waals surface area contributed by atoms with Crippen LogP contribution in [0.25, 0.3) is 87.7 Å². The van der Waals surface area contributed by atoms with Crippen LogP contribution < -0.4 is 0 Å². The molecule has 0 unspecified atom stereocenters. The summed E-state index contributed by atoms with van der Waals surface area (Å²) in [5.41, 5.74) is 9.34. The van der Waals surface area contributed by atoms with Gasteiger partial charge >= 0.3 is 0 Å². The Bertz CT molecular complexity index is 2490. The molecule has 0 saturated heterocycles. The van der Waals surface area contributed by atoms with Gasteiger partial charge in [0.15, 0.2) is 0 Å². The van der Waals surface area contributed by atoms with Gasteiger partial charge < -0.3 is 4.42 Å². The topological polar surface area (TPSA) is 38.9 Å². The molecular formula is C38H22N2O. The lowest BCUT2D eigenvalue weighted by Crippen LogP contribution is -1.93. The normalized spacial score (nSPS) is 11.9. The summed E-state index contributed by atoms with van der Waals surface area (Å²) in [7, 11) is 0. The Morgan fingerprint density at radius 1 is 0.463 bits per heavy atom. The van der Waals surface area contributed by atoms with E-state index in [0.29, 0.717) is 0 Å². The largest absolute Gasteiger partial charge is 0.456 e. The first-order chi connectivity index (χ1) is 20.3. The predicted molar refractivity (Wildman–Crippen MR) is 170 cm³/mol. The third-order valence-electron chi connectivity index (χ3n) is 8.31. The van der Waals surface area contributed by atoms with Crippen molar-refractivity contribution in [2.75, 3.05) is 0 Å². The van der Waals surface area contributed by atoms with Crippen LogP contribution in [0.5, 0.6) is 0 Å². The maximum atomic E-state index is 6.24. The van der Waals surface area contributed by atoms with E-state index in [1.165, 1.54) is 27.5 Å². The minimum Gasteiger partial charge on any atom is -0.456 e. The lowest BCUT2D eigenvalue weighted by atomic mass is 9.88. The van der Waals surface area contributed by atoms with Gasteiger partial charge in [-0.1, -0.05) is 97.1 Å². The first-order valence-corrected chi connectivity index (χ1v) is 13.8. The molecule has 41 heavy (non-hydrogen) atoms. The first-order valence-electron chi connectivity index (χ1n) is 13.8. The first kappa shape index (κ1) is 22.3. The third-order valence-corrected chi connectivity index (χ3v) is 8.31. The Morgan fingerprint density at radius 2 is 1.17 bits per heavy atom. The highest BCUT2D eigenvalue weighted by molar-refractivity contribution is 6.20. The maximum Gasteiger partial charge on any atom is 0.136 e. The fourth-order valence-corrected chi connectivity index (χ4v) is 6.45. The fourth-order valence-electron chi connectivity index (χ4n) is 6.45. The van der Waals surface area contributed by atoms with Gasteiger partial charge in [-0.15, -0.1) is 0 Å². The molecule has 9 aromatic rings. The van der Waals surface area contributed by atoms with E-state index in [2.05, 4.69) is 109 Å². The number of fused-ring (bicyclic) bond motifs is 8. The average Bonchev–Trinajstić information content (AvgIpc) is 3.41. The zero-order valence-electron chi connectivity index (χ0n) is 22.0. The molecule has 0 radical (unpaired) electrons. The summed E-state index contributed by atoms with van der Waals surface area (Å²) in [6.07, 6.45) is 1.85. The highest BCUT2D eigenvalue weighted by atomic mass is 16.3. The second kappa shape index (κ2) is 8.48. The van der Waals surface area contributed by atoms with Crippen molar-refractivity contribution in [3.8, 4) is 22.3 Å². The summed E-state index contributed by atoms with van der Waals surface area (Å²) < 4.78 is 6.24. The molecule has 3 heteroatoms. The van der Waals surface area contributed by atoms with Gasteiger partial charge in [-0.25, -0.2) is 4.98 Å². The van der Waals surface area contributed by atoms with Crippen LogP contribution >= 0.6 is 0 Å². The molecule has 0 aliphatic rings. The van der Waals surface area contributed by atoms with Crippen molar-refractivity contribution in [3.63, 3.8) is 0 Å². The summed E-state index contributed by atoms with van der Waals surface area (Å²) in [5.74, 6) is 0. The van der Waals surface area contributed by atoms with Crippen molar-refractivity contribution in [3.05, 3.63) is 134 Å². The van der Waals surface area contributed by atoms with Gasteiger partial charge in [-0.2, -0.15) is 0 Å². The predicted octanol–water partition coefficient (Wildman–Crippen LogP) is 10.3. The van der Waals surface area contributed by atoms with Gasteiger partial charge in [0.1, 0.15) is 11.2 Å². The summed E-state index contributed by atoms with van der Waals surface area (Å²) >= 11 is 0. The number of furan rings is 1. The van der Waals surface area contributed by atoms with E-state index in [-0.39, 0.29) is 0 Å². The second-order valence-electron chi connectivity index (χ2n) is 10.6. The molecule has 0 N–H and O–H groups in total. The number of aromatic nitrogens is 2. The monoisotopic (exact) mass is 522 g/mol. The van der Waals surface area contributed by atoms with E-state index in [0.717, 1.165) is 60.2 Å². The number of hydrogen-bond donors (Lipinski definition) is 0. The molecule has 0 atom stereocenters. The van der Waals surface area contributed by atoms with Gasteiger partial charge in [-0.05, 0) is 57.8 Å². The summed E-state index contributed by atoms with van der Waals surface area (Å²) in [5, 5.41) is 8.03. The van der Waals surface area contributed by atoms with Crippen molar-refractivity contribution in [2.24, 2.45) is 0 Å². The fraction of sp³-hybridized carbons (Fsp3) is 0. The summed E-state index contributed by atoms with van der Waals surface area (Å²) in [6.45, 7) is 0. The SMILES string of the molecule is c1cnc2c(c1)ccc1c(-c3ccc(-c4ccc5c(c4)oc4ccccc45)c4ccccc34)c3ccccc3nc12. The molecule has 0 spiro atoms. The van der Waals surface area contributed by atoms with Crippen molar-refractivity contribution in [2.45, 2.75) is 0 Å². The molecule has 3 nitrogen and oxygen atoms in total. The van der Waals surface area contributed by atoms with Gasteiger partial charge in [0.2, 0.25) is 0 Å². The van der Waals surface area contributed by atoms with E-state index in [4.69, 9.17) is 14.4 Å². The van der Waals surface area contributed by atoms with E-state index in [9.17, 15) is 0 Å². The Kier molecular flexibility index (Phi) is 4.61. The van der Waals surface area contributed by atoms with E-state index in [1.54, 1.807) is 0 Å². The number of benzene rings is 6. The van der Waals surface area contributed by atoms with Gasteiger partial charge in [-0.3, -0.25) is 4.98 Å². The van der Waals surface area contributed by atoms with Gasteiger partial charge in [0.25, 0.3) is 0 Å². The highest BCUT2D eigenvalue weighted by Gasteiger charge is 2.18. The molecule has 0 aliphatic carbocycles. The number of para-hydroxylation sites is 2. The van der Waals surface area contributed by atoms with Crippen molar-refractivity contribution in [1.82, 2.24) is 9.97 Å². The number of pyridine rings is 2. The Labute approximate surface area is 235 Å². The molecule has 0 fully saturated rings. The molecule has 6 aromatic carbocycles. The Balaban J connectivity index is 1.34. The van der Waals surface area contributed by atoms with Crippen LogP contribution in [-0.4, -0.2) is 9.97 Å². The van der Waals surface area contributed by atoms with E-state index >= 15 is 0 Å². The van der Waals surface area contributed by atoms with Crippen LogP contribution in [0.4, 0.5) is 0 Å². The Morgan fingerprint density at radius 3 is 2.07 bits per heavy atom. The quantitative estimate of drug-likeness (QED) is 0.167. The molecule has 3 heterocycles. The minimum absolute atomic E-state index is 0.905. The summed E-state index contributed by atoms with van der Waals surface area (Å²) in [6, 6.07) is 44.9. The van der Waals surface area contributed by atoms with E-state index < -0.39 is 0 Å². The van der Waals surface area contributed by atoms with Crippen LogP contribution in [0.3, 0.4) is 0 Å². The number of nitrogens with zero attached hydrogens (tertiary/aromatic N) is 2. The number of rotatable bonds is 2. The Hall–Kier alpha value is -5.54. The number of hydrogen-bond acceptors (Lipinski definition) is 3. The standard InChI is InChI=1S/C38H22N2O/c1-2-10-27-26(9-1)25(24-16-17-29-28-11-4-6-14-34(28)41-35(29)22-24)19-20-30(27)36-31-12-3-5-13-33(31)40-38-32(36)18-15-23-8-7-21-39-37(23)38/h1-22H. The smallest absolute Gasteiger partial charge is 0.136 e. The lowest BCUT2D eigenvalue weighted by Gasteiger charge is -2.16. The molecule has 3 aromatic heterocycles. The molecule has 9 rings (SSSR count). The van der Waals surface area contributed by atoms with E-state index in [1.807, 2.05) is 24.4 Å². The molecule has 190 valence electrons. The van der Waals surface area contributed by atoms with Crippen molar-refractivity contribution < 1.29 is 4.42 Å².